The minimum Gasteiger partial charge on any atom is -0.368 e. The largest absolute Gasteiger partial charge is 0.368 e. The van der Waals surface area contributed by atoms with Crippen molar-refractivity contribution < 1.29 is 0 Å². The Morgan fingerprint density at radius 1 is 1.00 bits per heavy atom. The van der Waals surface area contributed by atoms with Gasteiger partial charge in [-0.25, -0.2) is 34.6 Å². The summed E-state index contributed by atoms with van der Waals surface area (Å²) in [4.78, 5) is 26.2. The molecular weight excluding hydrogens is 460 g/mol. The Hall–Kier alpha value is -5.71. The summed E-state index contributed by atoms with van der Waals surface area (Å²) in [6.07, 6.45) is 6.26. The lowest BCUT2D eigenvalue weighted by molar-refractivity contribution is 0.626. The van der Waals surface area contributed by atoms with Gasteiger partial charge in [-0.15, -0.1) is 10.2 Å². The second-order valence-electron chi connectivity index (χ2n) is 7.48. The highest BCUT2D eigenvalue weighted by atomic mass is 15.6. The van der Waals surface area contributed by atoms with Gasteiger partial charge < -0.3 is 5.73 Å². The third-order valence-corrected chi connectivity index (χ3v) is 5.25. The highest BCUT2D eigenvalue weighted by Gasteiger charge is 2.22. The molecule has 0 atom stereocenters. The number of benzene rings is 1. The van der Waals surface area contributed by atoms with Crippen LogP contribution in [0.3, 0.4) is 0 Å². The van der Waals surface area contributed by atoms with Crippen LogP contribution in [0.1, 0.15) is 11.4 Å². The van der Waals surface area contributed by atoms with Crippen molar-refractivity contribution in [3.63, 3.8) is 0 Å². The molecule has 0 fully saturated rings. The normalized spacial score (nSPS) is 11.0. The van der Waals surface area contributed by atoms with E-state index in [9.17, 15) is 5.26 Å². The number of nitriles is 1. The van der Waals surface area contributed by atoms with E-state index in [2.05, 4.69) is 51.6 Å². The van der Waals surface area contributed by atoms with Crippen molar-refractivity contribution in [2.45, 2.75) is 6.54 Å². The zero-order valence-electron chi connectivity index (χ0n) is 18.4. The van der Waals surface area contributed by atoms with Crippen LogP contribution in [0.2, 0.25) is 0 Å². The van der Waals surface area contributed by atoms with E-state index >= 15 is 0 Å². The molecule has 0 aliphatic heterocycles. The molecule has 14 heteroatoms. The summed E-state index contributed by atoms with van der Waals surface area (Å²) in [6, 6.07) is 12.7. The molecular formula is C22H14N14. The summed E-state index contributed by atoms with van der Waals surface area (Å²) < 4.78 is 2.93. The van der Waals surface area contributed by atoms with E-state index < -0.39 is 0 Å². The third kappa shape index (κ3) is 3.62. The predicted octanol–water partition coefficient (Wildman–Crippen LogP) is 1.19. The van der Waals surface area contributed by atoms with Crippen LogP contribution < -0.4 is 5.73 Å². The Balaban J connectivity index is 1.52. The molecule has 1 aromatic carbocycles. The lowest BCUT2D eigenvalue weighted by Crippen LogP contribution is -2.08. The Bertz CT molecular complexity index is 1730. The molecule has 0 amide bonds. The topological polar surface area (TPSA) is 188 Å². The van der Waals surface area contributed by atoms with Crippen molar-refractivity contribution in [3.8, 4) is 40.2 Å². The molecule has 0 bridgehead atoms. The molecule has 5 aromatic heterocycles. The first-order chi connectivity index (χ1) is 17.7. The smallest absolute Gasteiger partial charge is 0.223 e. The zero-order valence-corrected chi connectivity index (χ0v) is 18.4. The Morgan fingerprint density at radius 3 is 2.69 bits per heavy atom. The SMILES string of the molecule is N#Cc1cccc(-c2nc(N)n3nc(Cn4nnnc4-c4ncccn4)nc3c2-c2ccncn2)c1. The number of rotatable bonds is 5. The molecule has 0 spiro atoms. The number of hydrogen-bond donors (Lipinski definition) is 1. The molecule has 14 nitrogen and oxygen atoms in total. The molecule has 0 aliphatic carbocycles. The highest BCUT2D eigenvalue weighted by molar-refractivity contribution is 5.89. The molecule has 36 heavy (non-hydrogen) atoms. The van der Waals surface area contributed by atoms with Crippen LogP contribution in [0.5, 0.6) is 0 Å². The van der Waals surface area contributed by atoms with Crippen molar-refractivity contribution in [2.75, 3.05) is 5.73 Å². The molecule has 0 radical (unpaired) electrons. The maximum atomic E-state index is 9.38. The molecule has 172 valence electrons. The number of hydrogen-bond acceptors (Lipinski definition) is 12. The van der Waals surface area contributed by atoms with E-state index in [1.165, 1.54) is 15.5 Å². The summed E-state index contributed by atoms with van der Waals surface area (Å²) in [5.41, 5.74) is 9.57. The van der Waals surface area contributed by atoms with Crippen LogP contribution in [0.4, 0.5) is 5.95 Å². The Morgan fingerprint density at radius 2 is 1.89 bits per heavy atom. The van der Waals surface area contributed by atoms with Gasteiger partial charge in [-0.3, -0.25) is 0 Å². The first-order valence-electron chi connectivity index (χ1n) is 10.6. The van der Waals surface area contributed by atoms with Gasteiger partial charge >= 0.3 is 0 Å². The average Bonchev–Trinajstić information content (AvgIpc) is 3.57. The van der Waals surface area contributed by atoms with Crippen molar-refractivity contribution in [3.05, 3.63) is 72.7 Å². The number of fused-ring (bicyclic) bond motifs is 1. The quantitative estimate of drug-likeness (QED) is 0.376. The van der Waals surface area contributed by atoms with E-state index in [4.69, 9.17) is 10.7 Å². The van der Waals surface area contributed by atoms with Gasteiger partial charge in [0.05, 0.1) is 28.6 Å². The minimum atomic E-state index is 0.113. The molecule has 0 saturated carbocycles. The third-order valence-electron chi connectivity index (χ3n) is 5.25. The van der Waals surface area contributed by atoms with Gasteiger partial charge in [0, 0.05) is 24.2 Å². The van der Waals surface area contributed by atoms with Crippen LogP contribution >= 0.6 is 0 Å². The van der Waals surface area contributed by atoms with Crippen molar-refractivity contribution >= 4 is 11.6 Å². The first kappa shape index (κ1) is 20.9. The van der Waals surface area contributed by atoms with Gasteiger partial charge in [0.15, 0.2) is 17.3 Å². The van der Waals surface area contributed by atoms with Crippen molar-refractivity contribution in [1.82, 2.24) is 59.7 Å². The molecule has 0 saturated heterocycles. The van der Waals surface area contributed by atoms with Crippen LogP contribution in [0, 0.1) is 11.3 Å². The minimum absolute atomic E-state index is 0.113. The van der Waals surface area contributed by atoms with Gasteiger partial charge in [0.2, 0.25) is 11.8 Å². The van der Waals surface area contributed by atoms with E-state index in [-0.39, 0.29) is 12.5 Å². The number of nitrogens with zero attached hydrogens (tertiary/aromatic N) is 13. The second-order valence-corrected chi connectivity index (χ2v) is 7.48. The molecule has 0 unspecified atom stereocenters. The maximum Gasteiger partial charge on any atom is 0.223 e. The van der Waals surface area contributed by atoms with Crippen LogP contribution in [-0.2, 0) is 6.54 Å². The van der Waals surface area contributed by atoms with Gasteiger partial charge in [-0.05, 0) is 34.7 Å². The molecule has 5 heterocycles. The van der Waals surface area contributed by atoms with E-state index in [1.54, 1.807) is 48.9 Å². The predicted molar refractivity (Wildman–Crippen MR) is 124 cm³/mol. The molecule has 6 aromatic rings. The van der Waals surface area contributed by atoms with Gasteiger partial charge in [0.1, 0.15) is 12.9 Å². The lowest BCUT2D eigenvalue weighted by atomic mass is 10.0. The maximum absolute atomic E-state index is 9.38. The van der Waals surface area contributed by atoms with Crippen molar-refractivity contribution in [1.29, 1.82) is 5.26 Å². The molecule has 2 N–H and O–H groups in total. The number of anilines is 1. The number of nitrogens with two attached hydrogens (primary N) is 1. The highest BCUT2D eigenvalue weighted by Crippen LogP contribution is 2.34. The van der Waals surface area contributed by atoms with Crippen LogP contribution in [-0.4, -0.2) is 59.7 Å². The standard InChI is InChI=1S/C22H14N14/c23-10-13-3-1-4-14(9-13)18-17(15-5-8-25-12-28-15)20-29-16(32-36(20)22(24)30-18)11-35-21(31-33-34-35)19-26-6-2-7-27-19/h1-9,12H,11H2,(H2,24,30). The summed E-state index contributed by atoms with van der Waals surface area (Å²) in [7, 11) is 0. The Kier molecular flexibility index (Phi) is 4.97. The summed E-state index contributed by atoms with van der Waals surface area (Å²) in [5.74, 6) is 1.23. The van der Waals surface area contributed by atoms with Crippen LogP contribution in [0.15, 0.2) is 61.3 Å². The van der Waals surface area contributed by atoms with Gasteiger partial charge in [-0.2, -0.15) is 9.78 Å². The van der Waals surface area contributed by atoms with Gasteiger partial charge in [-0.1, -0.05) is 12.1 Å². The van der Waals surface area contributed by atoms with E-state index in [0.717, 1.165) is 0 Å². The lowest BCUT2D eigenvalue weighted by Gasteiger charge is -2.11. The number of tetrazole rings is 1. The second kappa shape index (κ2) is 8.57. The monoisotopic (exact) mass is 474 g/mol. The molecule has 0 aliphatic rings. The fourth-order valence-electron chi connectivity index (χ4n) is 3.71. The van der Waals surface area contributed by atoms with Crippen molar-refractivity contribution in [2.24, 2.45) is 0 Å². The number of aromatic nitrogens is 12. The number of nitrogen functional groups attached to an aromatic ring is 1. The average molecular weight is 474 g/mol. The summed E-state index contributed by atoms with van der Waals surface area (Å²) >= 11 is 0. The van der Waals surface area contributed by atoms with E-state index in [1.807, 2.05) is 6.07 Å². The molecule has 6 rings (SSSR count). The fourth-order valence-corrected chi connectivity index (χ4v) is 3.71. The fraction of sp³-hybridized carbons (Fsp3) is 0.0455. The first-order valence-corrected chi connectivity index (χ1v) is 10.6. The summed E-state index contributed by atoms with van der Waals surface area (Å²) in [6.45, 7) is 0.129. The Labute approximate surface area is 202 Å². The zero-order chi connectivity index (χ0) is 24.5. The van der Waals surface area contributed by atoms with E-state index in [0.29, 0.717) is 51.2 Å². The summed E-state index contributed by atoms with van der Waals surface area (Å²) in [5, 5.41) is 25.7. The van der Waals surface area contributed by atoms with Gasteiger partial charge in [0.25, 0.3) is 0 Å². The van der Waals surface area contributed by atoms with Crippen LogP contribution in [0.25, 0.3) is 39.8 Å².